The predicted molar refractivity (Wildman–Crippen MR) is 63.9 cm³/mol. The lowest BCUT2D eigenvalue weighted by molar-refractivity contribution is -0.145. The second-order valence-electron chi connectivity index (χ2n) is 4.14. The van der Waals surface area contributed by atoms with Gasteiger partial charge in [-0.1, -0.05) is 12.1 Å². The fraction of sp³-hybridized carbons (Fsp3) is 0.357. The van der Waals surface area contributed by atoms with E-state index < -0.39 is 0 Å². The Bertz CT molecular complexity index is 477. The molecule has 0 bridgehead atoms. The van der Waals surface area contributed by atoms with Gasteiger partial charge in [0, 0.05) is 0 Å². The lowest BCUT2D eigenvalue weighted by Crippen LogP contribution is -2.15. The van der Waals surface area contributed by atoms with Crippen molar-refractivity contribution in [3.8, 4) is 0 Å². The van der Waals surface area contributed by atoms with Gasteiger partial charge in [0.2, 0.25) is 0 Å². The van der Waals surface area contributed by atoms with Gasteiger partial charge in [-0.05, 0) is 49.1 Å². The summed E-state index contributed by atoms with van der Waals surface area (Å²) in [7, 11) is 0. The number of rotatable bonds is 3. The van der Waals surface area contributed by atoms with Crippen LogP contribution in [0, 0.1) is 11.7 Å². The van der Waals surface area contributed by atoms with Gasteiger partial charge in [-0.15, -0.1) is 0 Å². The summed E-state index contributed by atoms with van der Waals surface area (Å²) in [6, 6.07) is 4.71. The van der Waals surface area contributed by atoms with E-state index in [1.165, 1.54) is 12.1 Å². The maximum absolute atomic E-state index is 13.2. The highest BCUT2D eigenvalue weighted by atomic mass is 19.1. The fourth-order valence-corrected chi connectivity index (χ4v) is 2.13. The Hall–Kier alpha value is -1.64. The molecule has 2 nitrogen and oxygen atoms in total. The van der Waals surface area contributed by atoms with Gasteiger partial charge in [0.05, 0.1) is 12.5 Å². The van der Waals surface area contributed by atoms with Crippen molar-refractivity contribution in [2.24, 2.45) is 5.92 Å². The minimum absolute atomic E-state index is 0.254. The van der Waals surface area contributed by atoms with E-state index in [2.05, 4.69) is 0 Å². The maximum atomic E-state index is 13.2. The van der Waals surface area contributed by atoms with Crippen LogP contribution < -0.4 is 0 Å². The van der Waals surface area contributed by atoms with Crippen molar-refractivity contribution in [2.45, 2.75) is 20.3 Å². The average Bonchev–Trinajstić information content (AvgIpc) is 2.71. The van der Waals surface area contributed by atoms with E-state index in [0.717, 1.165) is 23.1 Å². The first kappa shape index (κ1) is 11.8. The zero-order chi connectivity index (χ0) is 12.4. The Morgan fingerprint density at radius 2 is 2.29 bits per heavy atom. The van der Waals surface area contributed by atoms with Crippen LogP contribution >= 0.6 is 0 Å². The molecule has 0 saturated heterocycles. The molecule has 1 aliphatic carbocycles. The second-order valence-corrected chi connectivity index (χ2v) is 4.14. The van der Waals surface area contributed by atoms with E-state index in [1.54, 1.807) is 19.9 Å². The zero-order valence-corrected chi connectivity index (χ0v) is 10.00. The number of hydrogen-bond donors (Lipinski definition) is 0. The summed E-state index contributed by atoms with van der Waals surface area (Å²) in [5, 5.41) is 0. The molecular weight excluding hydrogens is 219 g/mol. The molecule has 1 unspecified atom stereocenters. The summed E-state index contributed by atoms with van der Waals surface area (Å²) in [5.41, 5.74) is 2.78. The third kappa shape index (κ3) is 2.23. The van der Waals surface area contributed by atoms with Gasteiger partial charge in [0.15, 0.2) is 0 Å². The molecule has 1 aliphatic rings. The van der Waals surface area contributed by atoms with Gasteiger partial charge in [-0.2, -0.15) is 0 Å². The molecule has 0 amide bonds. The largest absolute Gasteiger partial charge is 0.466 e. The van der Waals surface area contributed by atoms with Crippen LogP contribution in [0.15, 0.2) is 24.3 Å². The number of hydrogen-bond acceptors (Lipinski definition) is 2. The molecule has 0 spiro atoms. The molecule has 3 heteroatoms. The van der Waals surface area contributed by atoms with Crippen molar-refractivity contribution in [1.29, 1.82) is 0 Å². The molecule has 17 heavy (non-hydrogen) atoms. The third-order valence-corrected chi connectivity index (χ3v) is 3.03. The van der Waals surface area contributed by atoms with E-state index in [0.29, 0.717) is 6.61 Å². The molecule has 0 heterocycles. The first-order valence-electron chi connectivity index (χ1n) is 5.79. The van der Waals surface area contributed by atoms with Gasteiger partial charge < -0.3 is 4.74 Å². The zero-order valence-electron chi connectivity index (χ0n) is 10.00. The van der Waals surface area contributed by atoms with Crippen LogP contribution in [0.25, 0.3) is 5.57 Å². The summed E-state index contributed by atoms with van der Waals surface area (Å²) >= 11 is 0. The van der Waals surface area contributed by atoms with E-state index in [4.69, 9.17) is 4.74 Å². The maximum Gasteiger partial charge on any atom is 0.313 e. The molecular formula is C14H15FO2. The van der Waals surface area contributed by atoms with Gasteiger partial charge in [0.1, 0.15) is 5.82 Å². The van der Waals surface area contributed by atoms with Gasteiger partial charge in [-0.25, -0.2) is 4.39 Å². The highest BCUT2D eigenvalue weighted by Crippen LogP contribution is 2.33. The molecule has 2 rings (SSSR count). The quantitative estimate of drug-likeness (QED) is 0.751. The van der Waals surface area contributed by atoms with Crippen LogP contribution in [0.5, 0.6) is 0 Å². The van der Waals surface area contributed by atoms with Crippen LogP contribution in [0.1, 0.15) is 25.0 Å². The van der Waals surface area contributed by atoms with Crippen LogP contribution in [-0.4, -0.2) is 12.6 Å². The van der Waals surface area contributed by atoms with Crippen molar-refractivity contribution >= 4 is 11.5 Å². The Labute approximate surface area is 100 Å². The van der Waals surface area contributed by atoms with Crippen molar-refractivity contribution in [1.82, 2.24) is 0 Å². The Morgan fingerprint density at radius 1 is 1.53 bits per heavy atom. The molecule has 0 aromatic heterocycles. The number of carbonyl (C=O) groups excluding carboxylic acids is 1. The normalized spacial score (nSPS) is 15.1. The van der Waals surface area contributed by atoms with Crippen molar-refractivity contribution in [2.75, 3.05) is 6.61 Å². The van der Waals surface area contributed by atoms with Gasteiger partial charge >= 0.3 is 5.97 Å². The van der Waals surface area contributed by atoms with Gasteiger partial charge in [0.25, 0.3) is 0 Å². The van der Waals surface area contributed by atoms with E-state index in [9.17, 15) is 9.18 Å². The summed E-state index contributed by atoms with van der Waals surface area (Å²) in [6.45, 7) is 3.94. The van der Waals surface area contributed by atoms with Crippen LogP contribution in [-0.2, 0) is 16.0 Å². The minimum atomic E-state index is -0.335. The molecule has 0 aliphatic heterocycles. The summed E-state index contributed by atoms with van der Waals surface area (Å²) in [4.78, 5) is 11.7. The molecule has 1 aromatic rings. The molecule has 1 aromatic carbocycles. The SMILES string of the molecule is CCOC(=O)C(C)C1=CCc2ccc(F)cc21. The van der Waals surface area contributed by atoms with Gasteiger partial charge in [-0.3, -0.25) is 4.79 Å². The molecule has 0 fully saturated rings. The number of carbonyl (C=O) groups is 1. The monoisotopic (exact) mass is 234 g/mol. The number of halogens is 1. The molecule has 0 N–H and O–H groups in total. The van der Waals surface area contributed by atoms with Crippen LogP contribution in [0.2, 0.25) is 0 Å². The van der Waals surface area contributed by atoms with Crippen LogP contribution in [0.4, 0.5) is 4.39 Å². The summed E-state index contributed by atoms with van der Waals surface area (Å²) < 4.78 is 18.2. The van der Waals surface area contributed by atoms with E-state index >= 15 is 0 Å². The number of allylic oxidation sites excluding steroid dienone is 1. The Kier molecular flexibility index (Phi) is 3.27. The third-order valence-electron chi connectivity index (χ3n) is 3.03. The van der Waals surface area contributed by atoms with Crippen molar-refractivity contribution in [3.63, 3.8) is 0 Å². The standard InChI is InChI=1S/C14H15FO2/c1-3-17-14(16)9(2)12-7-5-10-4-6-11(15)8-13(10)12/h4,6-9H,3,5H2,1-2H3. The molecule has 90 valence electrons. The molecule has 0 radical (unpaired) electrons. The number of esters is 1. The summed E-state index contributed by atoms with van der Waals surface area (Å²) in [6.07, 6.45) is 2.74. The lowest BCUT2D eigenvalue weighted by Gasteiger charge is -2.13. The average molecular weight is 234 g/mol. The Balaban J connectivity index is 2.26. The lowest BCUT2D eigenvalue weighted by atomic mass is 9.95. The minimum Gasteiger partial charge on any atom is -0.466 e. The van der Waals surface area contributed by atoms with E-state index in [1.807, 2.05) is 6.08 Å². The Morgan fingerprint density at radius 3 is 3.00 bits per heavy atom. The summed E-state index contributed by atoms with van der Waals surface area (Å²) in [5.74, 6) is -0.860. The van der Waals surface area contributed by atoms with Crippen molar-refractivity contribution < 1.29 is 13.9 Å². The second kappa shape index (κ2) is 4.70. The van der Waals surface area contributed by atoms with E-state index in [-0.39, 0.29) is 17.7 Å². The first-order valence-corrected chi connectivity index (χ1v) is 5.79. The number of ether oxygens (including phenoxy) is 1. The first-order chi connectivity index (χ1) is 8.13. The van der Waals surface area contributed by atoms with Crippen LogP contribution in [0.3, 0.4) is 0 Å². The fourth-order valence-electron chi connectivity index (χ4n) is 2.13. The molecule has 1 atom stereocenters. The van der Waals surface area contributed by atoms with Crippen molar-refractivity contribution in [3.05, 3.63) is 41.2 Å². The topological polar surface area (TPSA) is 26.3 Å². The smallest absolute Gasteiger partial charge is 0.313 e. The predicted octanol–water partition coefficient (Wildman–Crippen LogP) is 2.96. The highest BCUT2D eigenvalue weighted by Gasteiger charge is 2.25. The number of fused-ring (bicyclic) bond motifs is 1. The molecule has 0 saturated carbocycles. The highest BCUT2D eigenvalue weighted by molar-refractivity contribution is 5.90. The number of benzene rings is 1.